The van der Waals surface area contributed by atoms with Crippen molar-refractivity contribution in [2.75, 3.05) is 32.8 Å². The number of hydrogen-bond acceptors (Lipinski definition) is 5. The van der Waals surface area contributed by atoms with Gasteiger partial charge in [0.2, 0.25) is 5.91 Å². The van der Waals surface area contributed by atoms with Crippen molar-refractivity contribution in [1.82, 2.24) is 9.80 Å². The van der Waals surface area contributed by atoms with Crippen LogP contribution in [-0.2, 0) is 17.8 Å². The highest BCUT2D eigenvalue weighted by atomic mass is 32.1. The van der Waals surface area contributed by atoms with Crippen LogP contribution in [0.2, 0.25) is 0 Å². The Morgan fingerprint density at radius 1 is 1.07 bits per heavy atom. The van der Waals surface area contributed by atoms with Crippen LogP contribution in [-0.4, -0.2) is 54.3 Å². The van der Waals surface area contributed by atoms with E-state index in [4.69, 9.17) is 4.74 Å². The first kappa shape index (κ1) is 18.2. The van der Waals surface area contributed by atoms with Crippen LogP contribution < -0.4 is 4.74 Å². The number of benzene rings is 1. The summed E-state index contributed by atoms with van der Waals surface area (Å²) in [6, 6.07) is 10.1. The van der Waals surface area contributed by atoms with Gasteiger partial charge in [-0.25, -0.2) is 0 Å². The Morgan fingerprint density at radius 3 is 2.70 bits per heavy atom. The van der Waals surface area contributed by atoms with Gasteiger partial charge in [-0.3, -0.25) is 14.5 Å². The highest BCUT2D eigenvalue weighted by molar-refractivity contribution is 7.12. The van der Waals surface area contributed by atoms with Gasteiger partial charge in [-0.1, -0.05) is 18.2 Å². The number of carbonyl (C=O) groups excluding carboxylic acids is 2. The minimum atomic E-state index is 0.0672. The number of carbonyl (C=O) groups is 2. The summed E-state index contributed by atoms with van der Waals surface area (Å²) in [7, 11) is 0. The van der Waals surface area contributed by atoms with Gasteiger partial charge in [0.1, 0.15) is 5.75 Å². The molecule has 2 aromatic rings. The SMILES string of the molecule is O=C(CCC(=O)N1CCN(Cc2ccc3c(c2)CCO3)CC1)c1cccs1. The van der Waals surface area contributed by atoms with Gasteiger partial charge in [0.05, 0.1) is 11.5 Å². The fourth-order valence-corrected chi connectivity index (χ4v) is 4.39. The molecule has 1 aromatic heterocycles. The number of Topliss-reactive ketones (excluding diaryl/α,β-unsaturated/α-hetero) is 1. The quantitative estimate of drug-likeness (QED) is 0.719. The summed E-state index contributed by atoms with van der Waals surface area (Å²) in [6.07, 6.45) is 1.61. The Balaban J connectivity index is 1.22. The standard InChI is InChI=1S/C21H24N2O3S/c24-18(20-2-1-13-27-20)4-6-21(25)23-10-8-22(9-11-23)15-16-3-5-19-17(14-16)7-12-26-19/h1-3,5,13-14H,4,6-12,15H2. The van der Waals surface area contributed by atoms with Gasteiger partial charge in [0.15, 0.2) is 5.78 Å². The molecular formula is C21H24N2O3S. The van der Waals surface area contributed by atoms with Gasteiger partial charge in [-0.2, -0.15) is 0 Å². The highest BCUT2D eigenvalue weighted by Gasteiger charge is 2.22. The smallest absolute Gasteiger partial charge is 0.223 e. The third-order valence-electron chi connectivity index (χ3n) is 5.25. The first-order valence-corrected chi connectivity index (χ1v) is 10.4. The first-order valence-electron chi connectivity index (χ1n) is 9.50. The van der Waals surface area contributed by atoms with Gasteiger partial charge >= 0.3 is 0 Å². The Morgan fingerprint density at radius 2 is 1.93 bits per heavy atom. The maximum Gasteiger partial charge on any atom is 0.223 e. The van der Waals surface area contributed by atoms with Gasteiger partial charge < -0.3 is 9.64 Å². The molecule has 1 fully saturated rings. The molecule has 0 aliphatic carbocycles. The number of rotatable bonds is 6. The summed E-state index contributed by atoms with van der Waals surface area (Å²) in [4.78, 5) is 29.5. The molecule has 1 aromatic carbocycles. The number of amides is 1. The molecular weight excluding hydrogens is 360 g/mol. The monoisotopic (exact) mass is 384 g/mol. The number of hydrogen-bond donors (Lipinski definition) is 0. The van der Waals surface area contributed by atoms with Crippen LogP contribution in [0, 0.1) is 0 Å². The maximum atomic E-state index is 12.4. The summed E-state index contributed by atoms with van der Waals surface area (Å²) in [5.74, 6) is 1.18. The molecule has 2 aliphatic heterocycles. The van der Waals surface area contributed by atoms with E-state index in [2.05, 4.69) is 23.1 Å². The van der Waals surface area contributed by atoms with Crippen molar-refractivity contribution in [3.05, 3.63) is 51.7 Å². The summed E-state index contributed by atoms with van der Waals surface area (Å²) < 4.78 is 5.57. The van der Waals surface area contributed by atoms with Crippen molar-refractivity contribution < 1.29 is 14.3 Å². The summed E-state index contributed by atoms with van der Waals surface area (Å²) in [6.45, 7) is 4.91. The molecule has 6 heteroatoms. The first-order chi connectivity index (χ1) is 13.2. The van der Waals surface area contributed by atoms with Crippen LogP contribution in [0.25, 0.3) is 0 Å². The van der Waals surface area contributed by atoms with Crippen molar-refractivity contribution in [2.45, 2.75) is 25.8 Å². The predicted molar refractivity (Wildman–Crippen MR) is 105 cm³/mol. The van der Waals surface area contributed by atoms with Gasteiger partial charge in [0.25, 0.3) is 0 Å². The van der Waals surface area contributed by atoms with Crippen LogP contribution in [0.15, 0.2) is 35.7 Å². The van der Waals surface area contributed by atoms with Gasteiger partial charge in [-0.15, -0.1) is 11.3 Å². The van der Waals surface area contributed by atoms with Crippen LogP contribution in [0.3, 0.4) is 0 Å². The zero-order valence-electron chi connectivity index (χ0n) is 15.4. The number of ketones is 1. The van der Waals surface area contributed by atoms with Crippen molar-refractivity contribution in [1.29, 1.82) is 0 Å². The molecule has 1 amide bonds. The lowest BCUT2D eigenvalue weighted by atomic mass is 10.1. The second kappa shape index (κ2) is 8.23. The normalized spacial score (nSPS) is 16.8. The minimum Gasteiger partial charge on any atom is -0.493 e. The van der Waals surface area contributed by atoms with E-state index in [1.54, 1.807) is 0 Å². The lowest BCUT2D eigenvalue weighted by Gasteiger charge is -2.34. The molecule has 0 atom stereocenters. The molecule has 0 N–H and O–H groups in total. The van der Waals surface area contributed by atoms with Crippen molar-refractivity contribution in [2.24, 2.45) is 0 Å². The molecule has 0 radical (unpaired) electrons. The average molecular weight is 385 g/mol. The molecule has 27 heavy (non-hydrogen) atoms. The maximum absolute atomic E-state index is 12.4. The molecule has 5 nitrogen and oxygen atoms in total. The molecule has 1 saturated heterocycles. The molecule has 0 unspecified atom stereocenters. The van der Waals surface area contributed by atoms with Crippen molar-refractivity contribution in [3.8, 4) is 5.75 Å². The number of nitrogens with zero attached hydrogens (tertiary/aromatic N) is 2. The highest BCUT2D eigenvalue weighted by Crippen LogP contribution is 2.26. The van der Waals surface area contributed by atoms with E-state index in [0.717, 1.165) is 56.4 Å². The van der Waals surface area contributed by atoms with Crippen molar-refractivity contribution in [3.63, 3.8) is 0 Å². The van der Waals surface area contributed by atoms with E-state index in [1.807, 2.05) is 22.4 Å². The van der Waals surface area contributed by atoms with E-state index in [-0.39, 0.29) is 11.7 Å². The van der Waals surface area contributed by atoms with Crippen LogP contribution in [0.5, 0.6) is 5.75 Å². The Labute approximate surface area is 163 Å². The number of thiophene rings is 1. The van der Waals surface area contributed by atoms with E-state index in [0.29, 0.717) is 12.8 Å². The van der Waals surface area contributed by atoms with E-state index in [1.165, 1.54) is 22.5 Å². The fourth-order valence-electron chi connectivity index (χ4n) is 3.69. The summed E-state index contributed by atoms with van der Waals surface area (Å²) in [5.41, 5.74) is 2.61. The van der Waals surface area contributed by atoms with Crippen LogP contribution in [0.4, 0.5) is 0 Å². The van der Waals surface area contributed by atoms with Crippen LogP contribution in [0.1, 0.15) is 33.6 Å². The second-order valence-electron chi connectivity index (χ2n) is 7.10. The molecule has 2 aliphatic rings. The largest absolute Gasteiger partial charge is 0.493 e. The van der Waals surface area contributed by atoms with Gasteiger partial charge in [0, 0.05) is 52.0 Å². The molecule has 0 spiro atoms. The summed E-state index contributed by atoms with van der Waals surface area (Å²) in [5, 5.41) is 1.89. The zero-order valence-corrected chi connectivity index (χ0v) is 16.2. The lowest BCUT2D eigenvalue weighted by Crippen LogP contribution is -2.48. The molecule has 0 saturated carbocycles. The number of fused-ring (bicyclic) bond motifs is 1. The lowest BCUT2D eigenvalue weighted by molar-refractivity contribution is -0.132. The minimum absolute atomic E-state index is 0.0672. The van der Waals surface area contributed by atoms with Gasteiger partial charge in [-0.05, 0) is 28.6 Å². The zero-order chi connectivity index (χ0) is 18.6. The Hall–Kier alpha value is -2.18. The Bertz CT molecular complexity index is 811. The third-order valence-corrected chi connectivity index (χ3v) is 6.16. The number of ether oxygens (including phenoxy) is 1. The Kier molecular flexibility index (Phi) is 5.55. The predicted octanol–water partition coefficient (Wildman–Crippen LogP) is 2.99. The van der Waals surface area contributed by atoms with Crippen molar-refractivity contribution >= 4 is 23.0 Å². The van der Waals surface area contributed by atoms with E-state index < -0.39 is 0 Å². The van der Waals surface area contributed by atoms with E-state index in [9.17, 15) is 9.59 Å². The molecule has 4 rings (SSSR count). The summed E-state index contributed by atoms with van der Waals surface area (Å²) >= 11 is 1.44. The topological polar surface area (TPSA) is 49.9 Å². The average Bonchev–Trinajstić information content (AvgIpc) is 3.38. The number of piperazine rings is 1. The van der Waals surface area contributed by atoms with Crippen LogP contribution >= 0.6 is 11.3 Å². The fraction of sp³-hybridized carbons (Fsp3) is 0.429. The second-order valence-corrected chi connectivity index (χ2v) is 8.05. The van der Waals surface area contributed by atoms with E-state index >= 15 is 0 Å². The molecule has 3 heterocycles. The third kappa shape index (κ3) is 4.39. The molecule has 0 bridgehead atoms. The molecule has 142 valence electrons.